The van der Waals surface area contributed by atoms with Gasteiger partial charge in [-0.05, 0) is 86.1 Å². The van der Waals surface area contributed by atoms with Crippen LogP contribution in [0.15, 0.2) is 91.1 Å². The number of carbonyl (C=O) groups excluding carboxylic acids is 7. The molecule has 512 valence electrons. The predicted molar refractivity (Wildman–Crippen MR) is 352 cm³/mol. The van der Waals surface area contributed by atoms with Gasteiger partial charge in [-0.1, -0.05) is 42.5 Å². The maximum Gasteiger partial charge on any atom is 0.251 e. The zero-order chi connectivity index (χ0) is 65.2. The lowest BCUT2D eigenvalue weighted by molar-refractivity contribution is -0.147. The smallest absolute Gasteiger partial charge is 0.251 e. The predicted octanol–water partition coefficient (Wildman–Crippen LogP) is -1.80. The Morgan fingerprint density at radius 3 is 1.97 bits per heavy atom. The first kappa shape index (κ1) is 75.4. The van der Waals surface area contributed by atoms with Crippen molar-refractivity contribution in [3.05, 3.63) is 102 Å². The first-order chi connectivity index (χ1) is 43.6. The number of aromatic hydroxyl groups is 1. The summed E-state index contributed by atoms with van der Waals surface area (Å²) in [4.78, 5) is 112. The number of anilines is 2. The normalized spacial score (nSPS) is 25.0. The number of piperazine rings is 1. The molecule has 13 atom stereocenters. The number of halogens is 3. The van der Waals surface area contributed by atoms with Crippen LogP contribution in [-0.4, -0.2) is 240 Å². The third kappa shape index (κ3) is 18.0. The summed E-state index contributed by atoms with van der Waals surface area (Å²) in [5, 5.41) is 101. The van der Waals surface area contributed by atoms with E-state index in [0.717, 1.165) is 60.0 Å². The lowest BCUT2D eigenvalue weighted by atomic mass is 9.98. The number of hydrogen-bond donors (Lipinski definition) is 14. The van der Waals surface area contributed by atoms with Gasteiger partial charge in [-0.15, -0.1) is 47.4 Å². The Morgan fingerprint density at radius 1 is 0.713 bits per heavy atom. The molecular formula is C61H81Cl3N14O15S. The molecule has 7 amide bonds. The van der Waals surface area contributed by atoms with E-state index in [1.54, 1.807) is 18.3 Å². The number of pyridine rings is 1. The number of phenols is 1. The zero-order valence-electron chi connectivity index (χ0n) is 51.4. The molecule has 6 heterocycles. The van der Waals surface area contributed by atoms with E-state index >= 15 is 0 Å². The molecule has 0 saturated carbocycles. The summed E-state index contributed by atoms with van der Waals surface area (Å²) in [6.45, 7) is 4.37. The average Bonchev–Trinajstić information content (AvgIpc) is 1.62. The van der Waals surface area contributed by atoms with Gasteiger partial charge in [-0.3, -0.25) is 33.6 Å². The maximum atomic E-state index is 14.7. The van der Waals surface area contributed by atoms with Gasteiger partial charge < -0.3 is 98.1 Å². The lowest BCUT2D eigenvalue weighted by Crippen LogP contribution is -2.64. The highest BCUT2D eigenvalue weighted by atomic mass is 35.5. The van der Waals surface area contributed by atoms with Crippen LogP contribution in [-0.2, 0) is 35.2 Å². The van der Waals surface area contributed by atoms with Gasteiger partial charge in [-0.2, -0.15) is 0 Å². The van der Waals surface area contributed by atoms with Crippen molar-refractivity contribution in [2.75, 3.05) is 75.3 Å². The summed E-state index contributed by atoms with van der Waals surface area (Å²) < 4.78 is 5.52. The summed E-state index contributed by atoms with van der Waals surface area (Å²) in [6.07, 6.45) is -10.1. The molecule has 29 nitrogen and oxygen atoms in total. The van der Waals surface area contributed by atoms with E-state index in [9.17, 15) is 69.3 Å². The minimum absolute atomic E-state index is 0. The third-order valence-corrected chi connectivity index (χ3v) is 17.6. The van der Waals surface area contributed by atoms with Crippen molar-refractivity contribution in [2.45, 2.75) is 112 Å². The maximum absolute atomic E-state index is 14.7. The molecule has 0 bridgehead atoms. The fourth-order valence-electron chi connectivity index (χ4n) is 11.6. The fraction of sp³-hybridized carbons (Fsp3) is 0.475. The van der Waals surface area contributed by atoms with Crippen LogP contribution in [0.4, 0.5) is 11.5 Å². The van der Waals surface area contributed by atoms with Gasteiger partial charge in [0, 0.05) is 106 Å². The fourth-order valence-corrected chi connectivity index (χ4v) is 12.5. The van der Waals surface area contributed by atoms with Crippen molar-refractivity contribution in [2.24, 2.45) is 17.4 Å². The number of benzene rings is 3. The van der Waals surface area contributed by atoms with Crippen molar-refractivity contribution in [1.29, 1.82) is 0 Å². The number of phenolic OH excluding ortho intramolecular Hbond substituents is 1. The Kier molecular flexibility index (Phi) is 27.4. The van der Waals surface area contributed by atoms with E-state index in [-0.39, 0.29) is 92.5 Å². The van der Waals surface area contributed by atoms with E-state index < -0.39 is 152 Å². The van der Waals surface area contributed by atoms with Gasteiger partial charge in [0.25, 0.3) is 5.91 Å². The van der Waals surface area contributed by atoms with Gasteiger partial charge in [-0.25, -0.2) is 4.98 Å². The Morgan fingerprint density at radius 2 is 1.34 bits per heavy atom. The van der Waals surface area contributed by atoms with Crippen molar-refractivity contribution < 1.29 is 74.0 Å². The molecule has 3 aromatic carbocycles. The van der Waals surface area contributed by atoms with Gasteiger partial charge in [0.15, 0.2) is 11.5 Å². The average molecular weight is 1390 g/mol. The summed E-state index contributed by atoms with van der Waals surface area (Å²) >= 11 is 1.33. The van der Waals surface area contributed by atoms with Crippen LogP contribution in [0.25, 0.3) is 21.1 Å². The van der Waals surface area contributed by atoms with Gasteiger partial charge in [0.05, 0.1) is 36.6 Å². The number of aromatic nitrogens is 3. The minimum Gasteiger partial charge on any atom is -0.504 e. The van der Waals surface area contributed by atoms with Crippen molar-refractivity contribution in [1.82, 2.24) is 51.6 Å². The molecule has 4 saturated heterocycles. The summed E-state index contributed by atoms with van der Waals surface area (Å²) in [5.74, 6) is -7.71. The molecule has 4 aliphatic heterocycles. The number of carbonyl (C=O) groups is 7. The zero-order valence-corrected chi connectivity index (χ0v) is 54.6. The number of nitrogens with one attached hydrogen (secondary N) is 5. The molecular weight excluding hydrogens is 1310 g/mol. The summed E-state index contributed by atoms with van der Waals surface area (Å²) in [5.41, 5.74) is 14.2. The number of nitrogens with two attached hydrogens (primary N) is 2. The molecule has 0 radical (unpaired) electrons. The number of aliphatic hydroxyl groups is 6. The number of rotatable bonds is 16. The third-order valence-electron chi connectivity index (χ3n) is 16.6. The molecule has 2 aromatic heterocycles. The van der Waals surface area contributed by atoms with Crippen LogP contribution < -0.4 is 52.6 Å². The number of nitrogens with zero attached hydrogens (tertiary/aromatic N) is 7. The molecule has 4 aliphatic rings. The topological polar surface area (TPSA) is 434 Å². The van der Waals surface area contributed by atoms with Crippen LogP contribution in [0, 0.1) is 5.92 Å². The number of fused-ring (bicyclic) bond motifs is 2. The molecule has 0 unspecified atom stereocenters. The van der Waals surface area contributed by atoms with Crippen LogP contribution in [0.3, 0.4) is 0 Å². The Labute approximate surface area is 564 Å². The van der Waals surface area contributed by atoms with Gasteiger partial charge in [0.2, 0.25) is 35.4 Å². The van der Waals surface area contributed by atoms with Crippen LogP contribution >= 0.6 is 48.6 Å². The van der Waals surface area contributed by atoms with Crippen molar-refractivity contribution in [3.63, 3.8) is 0 Å². The van der Waals surface area contributed by atoms with Crippen molar-refractivity contribution >= 4 is 101 Å². The summed E-state index contributed by atoms with van der Waals surface area (Å²) in [7, 11) is 0. The molecule has 4 fully saturated rings. The molecule has 5 aromatic rings. The van der Waals surface area contributed by atoms with Crippen LogP contribution in [0.1, 0.15) is 49.0 Å². The van der Waals surface area contributed by atoms with Crippen molar-refractivity contribution in [3.8, 4) is 32.6 Å². The highest BCUT2D eigenvalue weighted by Gasteiger charge is 2.50. The van der Waals surface area contributed by atoms with E-state index in [4.69, 9.17) is 16.2 Å². The van der Waals surface area contributed by atoms with Crippen LogP contribution in [0.5, 0.6) is 11.5 Å². The monoisotopic (exact) mass is 1390 g/mol. The Hall–Kier alpha value is -7.59. The van der Waals surface area contributed by atoms with Gasteiger partial charge in [0.1, 0.15) is 58.7 Å². The highest BCUT2D eigenvalue weighted by molar-refractivity contribution is 7.17. The molecule has 0 aliphatic carbocycles. The van der Waals surface area contributed by atoms with Gasteiger partial charge >= 0.3 is 0 Å². The van der Waals surface area contributed by atoms with E-state index in [1.165, 1.54) is 48.6 Å². The Bertz CT molecular complexity index is 3380. The summed E-state index contributed by atoms with van der Waals surface area (Å²) in [6, 6.07) is 13.1. The second-order valence-electron chi connectivity index (χ2n) is 23.2. The lowest BCUT2D eigenvalue weighted by Gasteiger charge is -2.36. The second-order valence-corrected chi connectivity index (χ2v) is 24.2. The van der Waals surface area contributed by atoms with Crippen LogP contribution in [0.2, 0.25) is 0 Å². The second kappa shape index (κ2) is 34.2. The number of β-amino-alcohol motifs (C(OH)–C–C–N with tert-alkyl or cyclic N) is 1. The molecule has 0 spiro atoms. The first-order valence-electron chi connectivity index (χ1n) is 30.1. The number of amides is 7. The Balaban J connectivity index is 0.00000467. The highest BCUT2D eigenvalue weighted by Crippen LogP contribution is 2.33. The largest absolute Gasteiger partial charge is 0.504 e. The van der Waals surface area contributed by atoms with E-state index in [0.29, 0.717) is 15.6 Å². The molecule has 16 N–H and O–H groups in total. The SMILES string of the molecule is C[C@@H](O)[C@@H]1NC(=O)[C@@H](NC(=O)c2ccc(-c3nnc(-c4ccc(N5CCN(c6ccccn6)CC5)cc4)s3)cc2)C[C@@H](O)CNC(=O)[C@@H]2[C@@H](O)[C@@H](C)CN2C(=O)[C@H]([C@H](O)CCN)NC(=O)[C@H]([C@H](O)Cc2ccc(O)c(OCCN)c2)NC(=O)[C@@H]2C[C@@H](O)CN2C1=O.Cl.Cl.Cl. The first-order valence-corrected chi connectivity index (χ1v) is 30.9. The number of hydrogen-bond acceptors (Lipinski definition) is 23. The molecule has 33 heteroatoms. The van der Waals surface area contributed by atoms with E-state index in [2.05, 4.69) is 51.6 Å². The molecule has 9 rings (SSSR count). The van der Waals surface area contributed by atoms with E-state index in [1.807, 2.05) is 42.5 Å². The number of aliphatic hydroxyl groups excluding tert-OH is 6. The number of ether oxygens (including phenoxy) is 1. The standard InChI is InChI=1S/C61H78N14O15S.3ClH/c1-32-30-75-51(52(32)82)57(87)65-29-39(77)27-41(66-53(83)35-7-9-36(10-8-35)58-70-71-59(91-58)37-11-13-38(14-12-37)72-20-22-73(23-21-72)47-5-3-4-19-64-47)54(84)67-48(33(2)76)60(88)74-31-40(78)28-42(74)55(85)68-49(56(86)69-50(61(75)89)44(80)16-17-62)45(81)25-34-6-15-43(79)46(26-34)90-24-18-63;;;/h3-15,19,26,32-33,39-42,44-45,48-52,76-82H,16-18,20-25,27-31,62-63H2,1-2H3,(H,65,87)(H,66,83)(H,67,84)(H,68,85)(H,69,86);3*1H/t32-,33+,39+,40+,41-,42-,44+,45+,48-,49-,50-,51-,52-;;;/m0.../s1. The minimum atomic E-state index is -2.04. The quantitative estimate of drug-likeness (QED) is 0.0518. The molecule has 94 heavy (non-hydrogen) atoms.